The summed E-state index contributed by atoms with van der Waals surface area (Å²) in [6.45, 7) is 35.9. The van der Waals surface area contributed by atoms with Crippen LogP contribution in [0.1, 0.15) is 231 Å². The number of imidazole rings is 4. The van der Waals surface area contributed by atoms with Crippen molar-refractivity contribution in [3.05, 3.63) is 214 Å². The van der Waals surface area contributed by atoms with Crippen molar-refractivity contribution in [2.45, 2.75) is 201 Å². The summed E-state index contributed by atoms with van der Waals surface area (Å²) >= 11 is 0. The van der Waals surface area contributed by atoms with Gasteiger partial charge in [0, 0.05) is 123 Å². The van der Waals surface area contributed by atoms with Crippen LogP contribution in [0.25, 0.3) is 67.6 Å². The number of fused-ring (bicyclic) bond motifs is 4. The molecule has 5 fully saturated rings. The van der Waals surface area contributed by atoms with E-state index >= 15 is 0 Å². The zero-order valence-corrected chi connectivity index (χ0v) is 77.8. The van der Waals surface area contributed by atoms with Gasteiger partial charge >= 0.3 is 0 Å². The van der Waals surface area contributed by atoms with Gasteiger partial charge in [0.25, 0.3) is 29.5 Å². The van der Waals surface area contributed by atoms with Crippen molar-refractivity contribution in [1.82, 2.24) is 98.0 Å². The van der Waals surface area contributed by atoms with Gasteiger partial charge < -0.3 is 49.8 Å². The molecule has 0 spiro atoms. The normalized spacial score (nSPS) is 18.0. The van der Waals surface area contributed by atoms with E-state index in [2.05, 4.69) is 45.6 Å². The Balaban J connectivity index is 0.000000142. The third-order valence-electron chi connectivity index (χ3n) is 25.5. The average molecular weight is 1810 g/mol. The van der Waals surface area contributed by atoms with E-state index in [0.717, 1.165) is 50.9 Å². The molecule has 8 aromatic heterocycles. The maximum absolute atomic E-state index is 13.6. The molecule has 4 aliphatic heterocycles. The first kappa shape index (κ1) is 94.9. The first-order valence-corrected chi connectivity index (χ1v) is 44.8. The maximum Gasteiger partial charge on any atom is 0.275 e. The van der Waals surface area contributed by atoms with Gasteiger partial charge in [-0.1, -0.05) is 62.3 Å². The molecule has 3 N–H and O–H groups in total. The van der Waals surface area contributed by atoms with Gasteiger partial charge in [-0.05, 0) is 226 Å². The largest absolute Gasteiger partial charge is 0.389 e. The van der Waals surface area contributed by atoms with Crippen LogP contribution >= 0.6 is 0 Å². The highest BCUT2D eigenvalue weighted by atomic mass is 19.1. The van der Waals surface area contributed by atoms with Crippen LogP contribution < -0.4 is 5.32 Å². The van der Waals surface area contributed by atoms with E-state index in [1.807, 2.05) is 93.5 Å². The Morgan fingerprint density at radius 3 is 1.12 bits per heavy atom. The first-order chi connectivity index (χ1) is 62.3. The number of halogens is 4. The van der Waals surface area contributed by atoms with Gasteiger partial charge in [0.05, 0.1) is 53.2 Å². The molecule has 132 heavy (non-hydrogen) atoms. The molecule has 0 radical (unpaired) electrons. The van der Waals surface area contributed by atoms with Crippen molar-refractivity contribution in [3.8, 4) is 45.0 Å². The Morgan fingerprint density at radius 1 is 0.470 bits per heavy atom. The number of likely N-dealkylation sites (N-methyl/N-ethyl adjacent to an activating group) is 1. The number of nitrogens with one attached hydrogen (secondary N) is 1. The number of hydrogen-bond donors (Lipinski definition) is 3. The standard InChI is InChI=1S/C26H30FN5O3.C26H32FN5O3.2C23H26FN5O2/c1-16(2)20-13-21(18-5-7-19(27)8-6-18)29-32-15-22(28-23(20)32)24(33)31-12-11-30(14-17(31)3)25(34)26(35)9-4-10-26;1-16(2)19-13-20(17-7-9-18(27)10-8-17)29-32-14-21(28-22(19)32)23(33)31-12-11-30(15-25(3,4)35)24(34)26(31,5)6;1-14(2)17-12-18(15-6-8-16(24)9-7-15)26-29-13-19(25-20(17)29)21(30)28-11-10-27(5)22(31)23(28,3)4;1-5-23(4)22(31)25-10-11-28(23)21(30)19-13-29-20(26-19)17(14(2)3)12-18(27-29)15-6-8-16(24)9-7-15/h5-8,13,15-17,35H,4,9-12,14H2,1-3H3;7-10,13-14,16,35H,11-12,15H2,1-6H3;6-9,12-14H,10-11H2,1-5H3;6-9,12-14H,5,10-11H2,1-4H3,(H,25,31)/t17-;;;/m1.../s1. The summed E-state index contributed by atoms with van der Waals surface area (Å²) in [5.74, 6) is -2.60. The quantitative estimate of drug-likeness (QED) is 0.0757. The molecule has 2 atom stereocenters. The Bertz CT molecular complexity index is 6410. The lowest BCUT2D eigenvalue weighted by atomic mass is 9.79. The molecular weight excluding hydrogens is 1690 g/mol. The SMILES string of the molecule is CC(C)c1cc(-c2ccc(F)cc2)nn2cc(C(=O)N3CCN(C(=O)C4(O)CCC4)C[C@H]3C)nc12.CC(C)c1cc(-c2ccc(F)cc2)nn2cc(C(=O)N3CCN(C)C(=O)C3(C)C)nc12.CC(C)c1cc(-c2ccc(F)cc2)nn2cc(C(=O)N3CCN(CC(C)(C)O)C(=O)C3(C)C)nc12.CCC1(C)C(=O)NCCN1C(=O)c1cn2nc(-c3ccc(F)cc3)cc(C(C)C)c2n1. The molecule has 34 heteroatoms. The highest BCUT2D eigenvalue weighted by Gasteiger charge is 2.50. The zero-order chi connectivity index (χ0) is 95.4. The number of nitrogens with zero attached hydrogens (tertiary/aromatic N) is 19. The molecule has 17 rings (SSSR count). The van der Waals surface area contributed by atoms with Crippen LogP contribution in [-0.2, 0) is 19.2 Å². The van der Waals surface area contributed by atoms with Gasteiger partial charge in [-0.3, -0.25) is 38.4 Å². The Kier molecular flexibility index (Phi) is 26.7. The number of hydrogen-bond acceptors (Lipinski definition) is 18. The number of benzene rings is 4. The average Bonchev–Trinajstić information content (AvgIpc) is 1.52. The van der Waals surface area contributed by atoms with E-state index in [1.165, 1.54) is 53.4 Å². The van der Waals surface area contributed by atoms with Crippen LogP contribution in [0.3, 0.4) is 0 Å². The number of β-amino-alcohol motifs (C(OH)–C–C–N with tert-alkyl or cyclic N) is 1. The Hall–Kier alpha value is -13.2. The van der Waals surface area contributed by atoms with E-state index in [-0.39, 0.29) is 124 Å². The number of carbonyl (C=O) groups is 8. The number of aliphatic hydroxyl groups is 2. The van der Waals surface area contributed by atoms with Gasteiger partial charge in [0.1, 0.15) is 68.3 Å². The van der Waals surface area contributed by atoms with Crippen molar-refractivity contribution in [2.24, 2.45) is 0 Å². The summed E-state index contributed by atoms with van der Waals surface area (Å²) in [6, 6.07) is 32.0. The summed E-state index contributed by atoms with van der Waals surface area (Å²) < 4.78 is 59.9. The molecule has 1 saturated carbocycles. The summed E-state index contributed by atoms with van der Waals surface area (Å²) in [5, 5.41) is 41.9. The fraction of sp³-hybridized carbons (Fsp3) is 0.429. The van der Waals surface area contributed by atoms with Crippen molar-refractivity contribution in [1.29, 1.82) is 0 Å². The molecule has 1 unspecified atom stereocenters. The lowest BCUT2D eigenvalue weighted by molar-refractivity contribution is -0.162. The van der Waals surface area contributed by atoms with Crippen molar-refractivity contribution in [3.63, 3.8) is 0 Å². The minimum atomic E-state index is -1.23. The van der Waals surface area contributed by atoms with E-state index < -0.39 is 27.8 Å². The molecule has 4 saturated heterocycles. The number of carbonyl (C=O) groups excluding carboxylic acids is 8. The van der Waals surface area contributed by atoms with E-state index in [0.29, 0.717) is 129 Å². The highest BCUT2D eigenvalue weighted by molar-refractivity contribution is 6.01. The van der Waals surface area contributed by atoms with Crippen LogP contribution in [0, 0.1) is 23.3 Å². The molecule has 1 aliphatic carbocycles. The van der Waals surface area contributed by atoms with Crippen LogP contribution in [0.5, 0.6) is 0 Å². The van der Waals surface area contributed by atoms with E-state index in [1.54, 1.807) is 176 Å². The molecule has 30 nitrogen and oxygen atoms in total. The summed E-state index contributed by atoms with van der Waals surface area (Å²) in [7, 11) is 1.74. The second-order valence-corrected chi connectivity index (χ2v) is 37.8. The maximum atomic E-state index is 13.6. The molecule has 4 aromatic carbocycles. The molecule has 694 valence electrons. The fourth-order valence-corrected chi connectivity index (χ4v) is 17.4. The van der Waals surface area contributed by atoms with Gasteiger partial charge in [0.15, 0.2) is 22.6 Å². The molecule has 12 heterocycles. The van der Waals surface area contributed by atoms with Gasteiger partial charge in [-0.2, -0.15) is 20.4 Å². The predicted octanol–water partition coefficient (Wildman–Crippen LogP) is 13.5. The summed E-state index contributed by atoms with van der Waals surface area (Å²) in [5.41, 5.74) is 7.61. The Morgan fingerprint density at radius 2 is 0.803 bits per heavy atom. The zero-order valence-electron chi connectivity index (χ0n) is 77.8. The molecule has 5 aliphatic rings. The summed E-state index contributed by atoms with van der Waals surface area (Å²) in [6.07, 6.45) is 8.81. The molecule has 8 amide bonds. The van der Waals surface area contributed by atoms with Crippen molar-refractivity contribution >= 4 is 69.8 Å². The van der Waals surface area contributed by atoms with Gasteiger partial charge in [-0.25, -0.2) is 55.6 Å². The second kappa shape index (κ2) is 37.2. The van der Waals surface area contributed by atoms with Crippen LogP contribution in [0.15, 0.2) is 146 Å². The van der Waals surface area contributed by atoms with Crippen LogP contribution in [-0.4, -0.2) is 257 Å². The molecule has 0 bridgehead atoms. The first-order valence-electron chi connectivity index (χ1n) is 44.8. The lowest BCUT2D eigenvalue weighted by Gasteiger charge is -2.46. The smallest absolute Gasteiger partial charge is 0.275 e. The Labute approximate surface area is 763 Å². The highest BCUT2D eigenvalue weighted by Crippen LogP contribution is 2.38. The third kappa shape index (κ3) is 19.2. The summed E-state index contributed by atoms with van der Waals surface area (Å²) in [4.78, 5) is 134. The van der Waals surface area contributed by atoms with E-state index in [9.17, 15) is 66.1 Å². The number of amides is 8. The molecular formula is C98H114F4N20O10. The van der Waals surface area contributed by atoms with Gasteiger partial charge in [-0.15, -0.1) is 0 Å². The minimum absolute atomic E-state index is 0.101. The van der Waals surface area contributed by atoms with Gasteiger partial charge in [0.2, 0.25) is 17.7 Å². The number of rotatable bonds is 16. The van der Waals surface area contributed by atoms with Crippen molar-refractivity contribution in [2.75, 3.05) is 72.5 Å². The third-order valence-corrected chi connectivity index (χ3v) is 25.5. The monoisotopic (exact) mass is 1810 g/mol. The predicted molar refractivity (Wildman–Crippen MR) is 489 cm³/mol. The topological polar surface area (TPSA) is 332 Å². The molecule has 12 aromatic rings. The van der Waals surface area contributed by atoms with Crippen LogP contribution in [0.2, 0.25) is 0 Å². The van der Waals surface area contributed by atoms with E-state index in [4.69, 9.17) is 0 Å². The number of piperazine rings is 4. The fourth-order valence-electron chi connectivity index (χ4n) is 17.4. The minimum Gasteiger partial charge on any atom is -0.389 e. The van der Waals surface area contributed by atoms with Crippen molar-refractivity contribution < 1.29 is 66.1 Å². The second-order valence-electron chi connectivity index (χ2n) is 37.8. The number of aromatic nitrogens is 12. The lowest BCUT2D eigenvalue weighted by Crippen LogP contribution is -2.65. The van der Waals surface area contributed by atoms with Crippen LogP contribution in [0.4, 0.5) is 17.6 Å².